The fourth-order valence-electron chi connectivity index (χ4n) is 1.19. The van der Waals surface area contributed by atoms with Gasteiger partial charge in [0, 0.05) is 13.1 Å². The Balaban J connectivity index is 3.05. The number of nitrogens with zero attached hydrogens (tertiary/aromatic N) is 1. The Morgan fingerprint density at radius 3 is 2.00 bits per heavy atom. The summed E-state index contributed by atoms with van der Waals surface area (Å²) >= 11 is 0. The van der Waals surface area contributed by atoms with Gasteiger partial charge in [-0.2, -0.15) is 0 Å². The lowest BCUT2D eigenvalue weighted by molar-refractivity contribution is -0.270. The van der Waals surface area contributed by atoms with Crippen molar-refractivity contribution in [2.45, 2.75) is 13.8 Å². The molecule has 0 heterocycles. The van der Waals surface area contributed by atoms with E-state index < -0.39 is 16.6 Å². The molecule has 1 aromatic rings. The molecule has 0 N–H and O–H groups in total. The van der Waals surface area contributed by atoms with Gasteiger partial charge >= 0.3 is 0 Å². The van der Waals surface area contributed by atoms with Gasteiger partial charge in [-0.05, 0) is 19.6 Å². The highest BCUT2D eigenvalue weighted by Gasteiger charge is 2.16. The van der Waals surface area contributed by atoms with Gasteiger partial charge in [0.05, 0.1) is 5.69 Å². The minimum atomic E-state index is -0.878. The number of anilines is 1. The summed E-state index contributed by atoms with van der Waals surface area (Å²) in [5.74, 6) is -0.635. The van der Waals surface area contributed by atoms with Gasteiger partial charge in [-0.25, -0.2) is 0 Å². The van der Waals surface area contributed by atoms with Gasteiger partial charge in [-0.15, -0.1) is 0 Å². The molecule has 12 heavy (non-hydrogen) atoms. The second-order valence-electron chi connectivity index (χ2n) is 2.51. The molecule has 1 aromatic carbocycles. The molecular formula is C8H10NO3-. The van der Waals surface area contributed by atoms with E-state index in [1.807, 2.05) is 13.8 Å². The first-order valence-electron chi connectivity index (χ1n) is 3.88. The number of hydrogen-bond acceptors (Lipinski definition) is 4. The quantitative estimate of drug-likeness (QED) is 0.554. The molecule has 0 unspecified atom stereocenters. The van der Waals surface area contributed by atoms with Crippen molar-refractivity contribution in [1.82, 2.24) is 0 Å². The number of rotatable bonds is 3. The molecule has 4 nitrogen and oxygen atoms in total. The Morgan fingerprint density at radius 2 is 1.67 bits per heavy atom. The molecule has 0 saturated carbocycles. The molecule has 0 spiro atoms. The molecule has 0 aliphatic carbocycles. The van der Waals surface area contributed by atoms with E-state index in [-0.39, 0.29) is 5.69 Å². The summed E-state index contributed by atoms with van der Waals surface area (Å²) in [6, 6.07) is 0. The van der Waals surface area contributed by atoms with Gasteiger partial charge in [0.15, 0.2) is 0 Å². The van der Waals surface area contributed by atoms with E-state index in [1.54, 1.807) is 4.90 Å². The molecule has 0 bridgehead atoms. The largest absolute Gasteiger partial charge is 0.868 e. The van der Waals surface area contributed by atoms with Crippen LogP contribution >= 0.6 is 0 Å². The Hall–Kier alpha value is -1.32. The Labute approximate surface area is 69.7 Å². The van der Waals surface area contributed by atoms with E-state index in [1.165, 1.54) is 0 Å². The van der Waals surface area contributed by atoms with E-state index in [9.17, 15) is 14.7 Å². The van der Waals surface area contributed by atoms with Crippen LogP contribution in [0.2, 0.25) is 0 Å². The zero-order valence-corrected chi connectivity index (χ0v) is 7.09. The van der Waals surface area contributed by atoms with Crippen molar-refractivity contribution in [2.75, 3.05) is 18.0 Å². The summed E-state index contributed by atoms with van der Waals surface area (Å²) in [6.07, 6.45) is 0. The first-order chi connectivity index (χ1) is 5.63. The molecule has 0 radical (unpaired) electrons. The summed E-state index contributed by atoms with van der Waals surface area (Å²) in [6.45, 7) is 4.83. The third-order valence-corrected chi connectivity index (χ3v) is 1.92. The third-order valence-electron chi connectivity index (χ3n) is 1.92. The maximum atomic E-state index is 10.9. The second-order valence-corrected chi connectivity index (χ2v) is 2.51. The van der Waals surface area contributed by atoms with Crippen molar-refractivity contribution in [3.05, 3.63) is 20.4 Å². The van der Waals surface area contributed by atoms with Crippen molar-refractivity contribution in [3.8, 4) is 5.75 Å². The predicted molar refractivity (Wildman–Crippen MR) is 44.4 cm³/mol. The zero-order chi connectivity index (χ0) is 9.30. The molecule has 1 rings (SSSR count). The van der Waals surface area contributed by atoms with Gasteiger partial charge < -0.3 is 10.0 Å². The molecule has 4 heteroatoms. The van der Waals surface area contributed by atoms with E-state index in [2.05, 4.69) is 0 Å². The maximum Gasteiger partial charge on any atom is 0.247 e. The maximum absolute atomic E-state index is 10.9. The standard InChI is InChI=1S/C8H11NO3/c1-3-9(4-2)5-6(10)8(12)7(5)11/h10H,3-4H2,1-2H3/p-1. The summed E-state index contributed by atoms with van der Waals surface area (Å²) in [5, 5.41) is 10.9. The van der Waals surface area contributed by atoms with Crippen LogP contribution in [0.1, 0.15) is 13.8 Å². The normalized spacial score (nSPS) is 10.5. The highest BCUT2D eigenvalue weighted by Crippen LogP contribution is 2.16. The Morgan fingerprint density at radius 1 is 1.17 bits per heavy atom. The van der Waals surface area contributed by atoms with E-state index in [4.69, 9.17) is 0 Å². The fraction of sp³-hybridized carbons (Fsp3) is 0.500. The highest BCUT2D eigenvalue weighted by molar-refractivity contribution is 5.61. The molecule has 0 fully saturated rings. The van der Waals surface area contributed by atoms with Crippen molar-refractivity contribution in [1.29, 1.82) is 0 Å². The lowest BCUT2D eigenvalue weighted by Crippen LogP contribution is -2.42. The van der Waals surface area contributed by atoms with Gasteiger partial charge in [0.2, 0.25) is 10.9 Å². The van der Waals surface area contributed by atoms with Crippen LogP contribution in [0.15, 0.2) is 9.59 Å². The smallest absolute Gasteiger partial charge is 0.247 e. The average molecular weight is 168 g/mol. The van der Waals surface area contributed by atoms with Crippen molar-refractivity contribution < 1.29 is 5.11 Å². The van der Waals surface area contributed by atoms with Crippen molar-refractivity contribution in [2.24, 2.45) is 0 Å². The van der Waals surface area contributed by atoms with Crippen LogP contribution < -0.4 is 20.9 Å². The topological polar surface area (TPSA) is 60.4 Å². The first-order valence-corrected chi connectivity index (χ1v) is 3.88. The predicted octanol–water partition coefficient (Wildman–Crippen LogP) is -0.798. The summed E-state index contributed by atoms with van der Waals surface area (Å²) < 4.78 is 0. The van der Waals surface area contributed by atoms with Crippen molar-refractivity contribution >= 4 is 5.69 Å². The zero-order valence-electron chi connectivity index (χ0n) is 7.09. The fourth-order valence-corrected chi connectivity index (χ4v) is 1.19. The van der Waals surface area contributed by atoms with Gasteiger partial charge in [-0.3, -0.25) is 9.59 Å². The molecule has 0 aliphatic heterocycles. The summed E-state index contributed by atoms with van der Waals surface area (Å²) in [4.78, 5) is 23.0. The van der Waals surface area contributed by atoms with Crippen LogP contribution in [0.3, 0.4) is 0 Å². The van der Waals surface area contributed by atoms with Gasteiger partial charge in [-0.1, -0.05) is 0 Å². The van der Waals surface area contributed by atoms with Gasteiger partial charge in [0.25, 0.3) is 0 Å². The van der Waals surface area contributed by atoms with Crippen LogP contribution in [0.25, 0.3) is 0 Å². The summed E-state index contributed by atoms with van der Waals surface area (Å²) in [5.41, 5.74) is -1.45. The lowest BCUT2D eigenvalue weighted by Gasteiger charge is -2.26. The van der Waals surface area contributed by atoms with Crippen LogP contribution in [-0.4, -0.2) is 13.1 Å². The first kappa shape index (κ1) is 8.77. The van der Waals surface area contributed by atoms with Crippen LogP contribution in [0, 0.1) is 0 Å². The Bertz CT molecular complexity index is 345. The van der Waals surface area contributed by atoms with Crippen LogP contribution in [0.4, 0.5) is 5.69 Å². The molecule has 0 aromatic heterocycles. The molecular weight excluding hydrogens is 158 g/mol. The molecule has 0 atom stereocenters. The second kappa shape index (κ2) is 2.97. The van der Waals surface area contributed by atoms with E-state index in [0.29, 0.717) is 13.1 Å². The highest BCUT2D eigenvalue weighted by atomic mass is 16.3. The van der Waals surface area contributed by atoms with Crippen LogP contribution in [-0.2, 0) is 0 Å². The minimum Gasteiger partial charge on any atom is -0.868 e. The van der Waals surface area contributed by atoms with E-state index in [0.717, 1.165) is 0 Å². The molecule has 0 aliphatic rings. The average Bonchev–Trinajstić information content (AvgIpc) is 2.12. The van der Waals surface area contributed by atoms with E-state index >= 15 is 0 Å². The molecule has 0 amide bonds. The number of hydrogen-bond donors (Lipinski definition) is 0. The van der Waals surface area contributed by atoms with Crippen LogP contribution in [0.5, 0.6) is 5.75 Å². The minimum absolute atomic E-state index is 0.0602. The SMILES string of the molecule is CCN(CC)c1c([O-])c(=O)c1=O. The lowest BCUT2D eigenvalue weighted by atomic mass is 10.2. The molecule has 66 valence electrons. The summed E-state index contributed by atoms with van der Waals surface area (Å²) in [7, 11) is 0. The third kappa shape index (κ3) is 0.995. The Kier molecular flexibility index (Phi) is 2.17. The molecule has 0 saturated heterocycles. The monoisotopic (exact) mass is 168 g/mol. The van der Waals surface area contributed by atoms with Crippen molar-refractivity contribution in [3.63, 3.8) is 0 Å². The van der Waals surface area contributed by atoms with Gasteiger partial charge in [0.1, 0.15) is 0 Å².